The zero-order valence-corrected chi connectivity index (χ0v) is 20.3. The molecule has 35 heavy (non-hydrogen) atoms. The Morgan fingerprint density at radius 3 is 2.34 bits per heavy atom. The van der Waals surface area contributed by atoms with Gasteiger partial charge in [-0.2, -0.15) is 11.8 Å². The molecule has 3 amide bonds. The number of carboxylic acid groups (broad SMARTS) is 2. The second-order valence-electron chi connectivity index (χ2n) is 8.33. The van der Waals surface area contributed by atoms with Crippen molar-refractivity contribution >= 4 is 41.4 Å². The number of carboxylic acids is 2. The van der Waals surface area contributed by atoms with Gasteiger partial charge in [0.1, 0.15) is 18.1 Å². The molecule has 1 aliphatic rings. The van der Waals surface area contributed by atoms with Crippen molar-refractivity contribution in [1.82, 2.24) is 15.5 Å². The van der Waals surface area contributed by atoms with Crippen LogP contribution in [0.4, 0.5) is 0 Å². The Balaban J connectivity index is 2.11. The summed E-state index contributed by atoms with van der Waals surface area (Å²) in [6, 6.07) is 4.64. The van der Waals surface area contributed by atoms with Gasteiger partial charge >= 0.3 is 11.9 Å². The van der Waals surface area contributed by atoms with Crippen LogP contribution in [-0.4, -0.2) is 87.5 Å². The van der Waals surface area contributed by atoms with Crippen molar-refractivity contribution in [2.24, 2.45) is 5.73 Å². The first kappa shape index (κ1) is 28.1. The fraction of sp³-hybridized carbons (Fsp3) is 0.522. The molecular formula is C23H32N4O7S. The van der Waals surface area contributed by atoms with Crippen molar-refractivity contribution in [1.29, 1.82) is 0 Å². The van der Waals surface area contributed by atoms with E-state index < -0.39 is 60.2 Å². The van der Waals surface area contributed by atoms with Crippen LogP contribution >= 0.6 is 11.8 Å². The van der Waals surface area contributed by atoms with Gasteiger partial charge in [0, 0.05) is 6.54 Å². The lowest BCUT2D eigenvalue weighted by molar-refractivity contribution is -0.150. The molecule has 1 saturated heterocycles. The lowest BCUT2D eigenvalue weighted by Crippen LogP contribution is -2.57. The highest BCUT2D eigenvalue weighted by Gasteiger charge is 2.39. The SMILES string of the molecule is CSCCC(NC(=O)C(N)Cc1ccccc1)C(=O)NC(CC(=O)O)C(=O)N1CCCC1C(=O)O. The number of nitrogens with two attached hydrogens (primary N) is 1. The minimum absolute atomic E-state index is 0.156. The van der Waals surface area contributed by atoms with E-state index in [9.17, 15) is 34.2 Å². The van der Waals surface area contributed by atoms with Crippen LogP contribution in [0.25, 0.3) is 0 Å². The number of hydrogen-bond donors (Lipinski definition) is 5. The normalized spacial score (nSPS) is 17.8. The number of hydrogen-bond acceptors (Lipinski definition) is 7. The number of rotatable bonds is 13. The van der Waals surface area contributed by atoms with E-state index >= 15 is 0 Å². The van der Waals surface area contributed by atoms with Crippen LogP contribution in [0.1, 0.15) is 31.2 Å². The van der Waals surface area contributed by atoms with Crippen molar-refractivity contribution in [2.75, 3.05) is 18.6 Å². The summed E-state index contributed by atoms with van der Waals surface area (Å²) in [5.74, 6) is -4.07. The summed E-state index contributed by atoms with van der Waals surface area (Å²) in [5.41, 5.74) is 6.88. The molecule has 1 heterocycles. The van der Waals surface area contributed by atoms with Crippen LogP contribution in [0.2, 0.25) is 0 Å². The molecule has 1 aromatic rings. The highest BCUT2D eigenvalue weighted by molar-refractivity contribution is 7.98. The quantitative estimate of drug-likeness (QED) is 0.242. The van der Waals surface area contributed by atoms with Crippen molar-refractivity contribution in [3.05, 3.63) is 35.9 Å². The summed E-state index contributed by atoms with van der Waals surface area (Å²) in [7, 11) is 0. The van der Waals surface area contributed by atoms with E-state index in [4.69, 9.17) is 5.73 Å². The molecule has 1 aromatic carbocycles. The number of nitrogens with one attached hydrogen (secondary N) is 2. The summed E-state index contributed by atoms with van der Waals surface area (Å²) < 4.78 is 0. The molecule has 192 valence electrons. The van der Waals surface area contributed by atoms with Crippen LogP contribution in [0.5, 0.6) is 0 Å². The average molecular weight is 509 g/mol. The molecule has 11 nitrogen and oxygen atoms in total. The first-order valence-corrected chi connectivity index (χ1v) is 12.7. The molecule has 0 aliphatic carbocycles. The topological polar surface area (TPSA) is 179 Å². The minimum atomic E-state index is -1.47. The molecule has 0 aromatic heterocycles. The predicted molar refractivity (Wildman–Crippen MR) is 130 cm³/mol. The molecular weight excluding hydrogens is 476 g/mol. The maximum absolute atomic E-state index is 13.0. The summed E-state index contributed by atoms with van der Waals surface area (Å²) in [5, 5.41) is 23.7. The number of benzene rings is 1. The standard InChI is InChI=1S/C23H32N4O7S/c1-35-11-9-16(25-20(30)15(24)12-14-6-3-2-4-7-14)21(31)26-17(13-19(28)29)22(32)27-10-5-8-18(27)23(33)34/h2-4,6-7,15-18H,5,8-13,24H2,1H3,(H,25,30)(H,26,31)(H,28,29)(H,33,34). The Morgan fingerprint density at radius 1 is 1.09 bits per heavy atom. The average Bonchev–Trinajstić information content (AvgIpc) is 3.31. The highest BCUT2D eigenvalue weighted by atomic mass is 32.2. The van der Waals surface area contributed by atoms with E-state index in [2.05, 4.69) is 10.6 Å². The fourth-order valence-electron chi connectivity index (χ4n) is 3.88. The van der Waals surface area contributed by atoms with Gasteiger partial charge in [0.2, 0.25) is 17.7 Å². The van der Waals surface area contributed by atoms with Crippen molar-refractivity contribution in [2.45, 2.75) is 56.3 Å². The van der Waals surface area contributed by atoms with Gasteiger partial charge in [-0.25, -0.2) is 4.79 Å². The lowest BCUT2D eigenvalue weighted by Gasteiger charge is -2.28. The van der Waals surface area contributed by atoms with Crippen LogP contribution in [0.15, 0.2) is 30.3 Å². The Morgan fingerprint density at radius 2 is 1.74 bits per heavy atom. The van der Waals surface area contributed by atoms with Gasteiger partial charge in [0.15, 0.2) is 0 Å². The predicted octanol–water partition coefficient (Wildman–Crippen LogP) is -0.171. The molecule has 0 bridgehead atoms. The van der Waals surface area contributed by atoms with Gasteiger partial charge in [-0.3, -0.25) is 19.2 Å². The zero-order chi connectivity index (χ0) is 26.0. The number of aliphatic carboxylic acids is 2. The molecule has 0 saturated carbocycles. The first-order valence-electron chi connectivity index (χ1n) is 11.3. The second kappa shape index (κ2) is 13.7. The zero-order valence-electron chi connectivity index (χ0n) is 19.5. The number of nitrogens with zero attached hydrogens (tertiary/aromatic N) is 1. The van der Waals surface area contributed by atoms with Crippen molar-refractivity contribution in [3.8, 4) is 0 Å². The van der Waals surface area contributed by atoms with Crippen LogP contribution in [-0.2, 0) is 30.4 Å². The van der Waals surface area contributed by atoms with E-state index in [1.54, 1.807) is 0 Å². The third kappa shape index (κ3) is 8.55. The smallest absolute Gasteiger partial charge is 0.326 e. The second-order valence-corrected chi connectivity index (χ2v) is 9.31. The number of carbonyl (C=O) groups excluding carboxylic acids is 3. The van der Waals surface area contributed by atoms with E-state index in [1.165, 1.54) is 11.8 Å². The number of carbonyl (C=O) groups is 5. The monoisotopic (exact) mass is 508 g/mol. The third-order valence-electron chi connectivity index (χ3n) is 5.69. The molecule has 6 N–H and O–H groups in total. The van der Waals surface area contributed by atoms with Gasteiger partial charge in [-0.1, -0.05) is 30.3 Å². The summed E-state index contributed by atoms with van der Waals surface area (Å²) in [4.78, 5) is 62.6. The minimum Gasteiger partial charge on any atom is -0.481 e. The Hall–Kier alpha value is -3.12. The Labute approximate surface area is 207 Å². The van der Waals surface area contributed by atoms with E-state index in [0.29, 0.717) is 12.2 Å². The molecule has 0 radical (unpaired) electrons. The van der Waals surface area contributed by atoms with Crippen molar-refractivity contribution < 1.29 is 34.2 Å². The van der Waals surface area contributed by atoms with Gasteiger partial charge in [0.05, 0.1) is 12.5 Å². The fourth-order valence-corrected chi connectivity index (χ4v) is 4.35. The Kier molecular flexibility index (Phi) is 11.0. The Bertz CT molecular complexity index is 914. The highest BCUT2D eigenvalue weighted by Crippen LogP contribution is 2.19. The molecule has 1 aliphatic heterocycles. The first-order chi connectivity index (χ1) is 16.6. The number of likely N-dealkylation sites (tertiary alicyclic amines) is 1. The molecule has 2 rings (SSSR count). The molecule has 0 spiro atoms. The largest absolute Gasteiger partial charge is 0.481 e. The van der Waals surface area contributed by atoms with E-state index in [-0.39, 0.29) is 25.8 Å². The molecule has 4 unspecified atom stereocenters. The third-order valence-corrected chi connectivity index (χ3v) is 6.34. The maximum Gasteiger partial charge on any atom is 0.326 e. The van der Waals surface area contributed by atoms with Gasteiger partial charge < -0.3 is 31.5 Å². The molecule has 12 heteroatoms. The molecule has 4 atom stereocenters. The van der Waals surface area contributed by atoms with Crippen molar-refractivity contribution in [3.63, 3.8) is 0 Å². The summed E-state index contributed by atoms with van der Waals surface area (Å²) in [6.45, 7) is 0.156. The maximum atomic E-state index is 13.0. The van der Waals surface area contributed by atoms with E-state index in [0.717, 1.165) is 10.5 Å². The van der Waals surface area contributed by atoms with Crippen LogP contribution < -0.4 is 16.4 Å². The summed E-state index contributed by atoms with van der Waals surface area (Å²) >= 11 is 1.45. The van der Waals surface area contributed by atoms with Crippen LogP contribution in [0.3, 0.4) is 0 Å². The molecule has 1 fully saturated rings. The lowest BCUT2D eigenvalue weighted by atomic mass is 10.1. The summed E-state index contributed by atoms with van der Waals surface area (Å²) in [6.07, 6.45) is 2.31. The van der Waals surface area contributed by atoms with E-state index in [1.807, 2.05) is 36.6 Å². The number of amides is 3. The van der Waals surface area contributed by atoms with Gasteiger partial charge in [0.25, 0.3) is 0 Å². The van der Waals surface area contributed by atoms with Gasteiger partial charge in [-0.05, 0) is 43.3 Å². The number of thioether (sulfide) groups is 1. The van der Waals surface area contributed by atoms with Gasteiger partial charge in [-0.15, -0.1) is 0 Å². The van der Waals surface area contributed by atoms with Crippen LogP contribution in [0, 0.1) is 0 Å².